The molecule has 1 fully saturated rings. The first-order valence-electron chi connectivity index (χ1n) is 7.83. The van der Waals surface area contributed by atoms with E-state index < -0.39 is 0 Å². The van der Waals surface area contributed by atoms with Gasteiger partial charge in [-0.1, -0.05) is 23.4 Å². The van der Waals surface area contributed by atoms with Crippen LogP contribution in [0.3, 0.4) is 0 Å². The number of hydrogen-bond donors (Lipinski definition) is 0. The summed E-state index contributed by atoms with van der Waals surface area (Å²) in [7, 11) is 1.64. The van der Waals surface area contributed by atoms with E-state index in [1.165, 1.54) is 0 Å². The average molecular weight is 372 g/mol. The van der Waals surface area contributed by atoms with Gasteiger partial charge in [-0.05, 0) is 29.1 Å². The Morgan fingerprint density at radius 1 is 1.32 bits per heavy atom. The van der Waals surface area contributed by atoms with Crippen LogP contribution in [0.4, 0.5) is 0 Å². The SMILES string of the molecule is COc1ccc(C2SCCN2C(=O)c2cc(-c3cccs3)on2)cc1. The molecule has 128 valence electrons. The smallest absolute Gasteiger partial charge is 0.277 e. The van der Waals surface area contributed by atoms with Gasteiger partial charge in [0.25, 0.3) is 5.91 Å². The van der Waals surface area contributed by atoms with Crippen molar-refractivity contribution in [3.05, 3.63) is 59.1 Å². The quantitative estimate of drug-likeness (QED) is 0.683. The van der Waals surface area contributed by atoms with Gasteiger partial charge in [0, 0.05) is 18.4 Å². The molecule has 0 radical (unpaired) electrons. The van der Waals surface area contributed by atoms with Gasteiger partial charge in [0.05, 0.1) is 12.0 Å². The maximum absolute atomic E-state index is 12.9. The number of rotatable bonds is 4. The molecule has 0 saturated carbocycles. The Labute approximate surface area is 153 Å². The van der Waals surface area contributed by atoms with Crippen molar-refractivity contribution in [2.75, 3.05) is 19.4 Å². The monoisotopic (exact) mass is 372 g/mol. The van der Waals surface area contributed by atoms with Crippen LogP contribution < -0.4 is 4.74 Å². The molecule has 0 N–H and O–H groups in total. The molecule has 7 heteroatoms. The van der Waals surface area contributed by atoms with E-state index in [0.29, 0.717) is 18.0 Å². The molecule has 1 aliphatic heterocycles. The van der Waals surface area contributed by atoms with Gasteiger partial charge in [-0.2, -0.15) is 0 Å². The zero-order valence-corrected chi connectivity index (χ0v) is 15.2. The fraction of sp³-hybridized carbons (Fsp3) is 0.222. The minimum atomic E-state index is -0.0997. The Morgan fingerprint density at radius 2 is 2.16 bits per heavy atom. The summed E-state index contributed by atoms with van der Waals surface area (Å²) >= 11 is 3.31. The minimum absolute atomic E-state index is 0.0136. The number of amides is 1. The first-order valence-corrected chi connectivity index (χ1v) is 9.76. The molecule has 0 bridgehead atoms. The summed E-state index contributed by atoms with van der Waals surface area (Å²) in [4.78, 5) is 15.7. The maximum atomic E-state index is 12.9. The van der Waals surface area contributed by atoms with Gasteiger partial charge in [0.2, 0.25) is 0 Å². The van der Waals surface area contributed by atoms with Crippen molar-refractivity contribution in [1.29, 1.82) is 0 Å². The van der Waals surface area contributed by atoms with E-state index in [9.17, 15) is 4.79 Å². The van der Waals surface area contributed by atoms with Gasteiger partial charge in [-0.15, -0.1) is 23.1 Å². The number of ether oxygens (including phenoxy) is 1. The normalized spacial score (nSPS) is 17.0. The molecule has 1 saturated heterocycles. The molecule has 1 amide bonds. The number of carbonyl (C=O) groups excluding carboxylic acids is 1. The molecule has 0 aliphatic carbocycles. The summed E-state index contributed by atoms with van der Waals surface area (Å²) in [6.45, 7) is 0.696. The lowest BCUT2D eigenvalue weighted by molar-refractivity contribution is 0.0750. The molecule has 1 atom stereocenters. The number of methoxy groups -OCH3 is 1. The summed E-state index contributed by atoms with van der Waals surface area (Å²) in [5, 5.41) is 5.94. The van der Waals surface area contributed by atoms with Crippen LogP contribution in [0.15, 0.2) is 52.4 Å². The van der Waals surface area contributed by atoms with E-state index in [2.05, 4.69) is 5.16 Å². The van der Waals surface area contributed by atoms with Crippen LogP contribution in [-0.4, -0.2) is 35.4 Å². The number of thiophene rings is 1. The number of aromatic nitrogens is 1. The van der Waals surface area contributed by atoms with Crippen molar-refractivity contribution in [1.82, 2.24) is 10.1 Å². The van der Waals surface area contributed by atoms with Crippen LogP contribution in [0.1, 0.15) is 21.4 Å². The lowest BCUT2D eigenvalue weighted by Gasteiger charge is -2.23. The topological polar surface area (TPSA) is 55.6 Å². The van der Waals surface area contributed by atoms with Crippen LogP contribution in [-0.2, 0) is 0 Å². The Morgan fingerprint density at radius 3 is 2.88 bits per heavy atom. The standard InChI is InChI=1S/C18H16N2O3S2/c1-22-13-6-4-12(5-7-13)18-20(8-10-25-18)17(21)14-11-15(23-19-14)16-3-2-9-24-16/h2-7,9,11,18H,8,10H2,1H3. The Bertz CT molecular complexity index is 859. The van der Waals surface area contributed by atoms with Crippen LogP contribution >= 0.6 is 23.1 Å². The summed E-state index contributed by atoms with van der Waals surface area (Å²) in [5.74, 6) is 2.24. The van der Waals surface area contributed by atoms with Gasteiger partial charge in [0.15, 0.2) is 11.5 Å². The third kappa shape index (κ3) is 3.17. The number of thioether (sulfide) groups is 1. The van der Waals surface area contributed by atoms with Crippen molar-refractivity contribution in [2.24, 2.45) is 0 Å². The first kappa shape index (κ1) is 16.2. The van der Waals surface area contributed by atoms with Crippen molar-refractivity contribution < 1.29 is 14.1 Å². The second kappa shape index (κ2) is 6.93. The highest BCUT2D eigenvalue weighted by Gasteiger charge is 2.33. The molecule has 2 aromatic heterocycles. The van der Waals surface area contributed by atoms with Crippen LogP contribution in [0.5, 0.6) is 5.75 Å². The largest absolute Gasteiger partial charge is 0.497 e. The fourth-order valence-corrected chi connectivity index (χ4v) is 4.71. The molecule has 1 aliphatic rings. The van der Waals surface area contributed by atoms with E-state index >= 15 is 0 Å². The predicted molar refractivity (Wildman–Crippen MR) is 99.0 cm³/mol. The minimum Gasteiger partial charge on any atom is -0.497 e. The Balaban J connectivity index is 1.56. The lowest BCUT2D eigenvalue weighted by atomic mass is 10.2. The summed E-state index contributed by atoms with van der Waals surface area (Å²) in [5.41, 5.74) is 1.43. The third-order valence-electron chi connectivity index (χ3n) is 4.05. The van der Waals surface area contributed by atoms with Crippen molar-refractivity contribution >= 4 is 29.0 Å². The third-order valence-corrected chi connectivity index (χ3v) is 6.19. The van der Waals surface area contributed by atoms with Gasteiger partial charge < -0.3 is 14.2 Å². The zero-order chi connectivity index (χ0) is 17.2. The van der Waals surface area contributed by atoms with Crippen molar-refractivity contribution in [2.45, 2.75) is 5.37 Å². The molecule has 1 unspecified atom stereocenters. The van der Waals surface area contributed by atoms with Gasteiger partial charge in [-0.25, -0.2) is 0 Å². The lowest BCUT2D eigenvalue weighted by Crippen LogP contribution is -2.30. The van der Waals surface area contributed by atoms with Gasteiger partial charge in [-0.3, -0.25) is 4.79 Å². The predicted octanol–water partition coefficient (Wildman–Crippen LogP) is 4.30. The van der Waals surface area contributed by atoms with E-state index in [4.69, 9.17) is 9.26 Å². The van der Waals surface area contributed by atoms with Crippen molar-refractivity contribution in [3.8, 4) is 16.4 Å². The average Bonchev–Trinajstić information content (AvgIpc) is 3.42. The molecular formula is C18H16N2O3S2. The molecule has 25 heavy (non-hydrogen) atoms. The van der Waals surface area contributed by atoms with Crippen LogP contribution in [0, 0.1) is 0 Å². The Hall–Kier alpha value is -2.25. The maximum Gasteiger partial charge on any atom is 0.277 e. The molecule has 0 spiro atoms. The van der Waals surface area contributed by atoms with Crippen LogP contribution in [0.2, 0.25) is 0 Å². The number of hydrogen-bond acceptors (Lipinski definition) is 6. The molecule has 4 rings (SSSR count). The number of carbonyl (C=O) groups is 1. The summed E-state index contributed by atoms with van der Waals surface area (Å²) in [6, 6.07) is 13.5. The van der Waals surface area contributed by atoms with E-state index in [0.717, 1.165) is 21.9 Å². The van der Waals surface area contributed by atoms with E-state index in [1.54, 1.807) is 36.3 Å². The second-order valence-electron chi connectivity index (χ2n) is 5.55. The zero-order valence-electron chi connectivity index (χ0n) is 13.5. The molecule has 5 nitrogen and oxygen atoms in total. The molecular weight excluding hydrogens is 356 g/mol. The second-order valence-corrected chi connectivity index (χ2v) is 7.68. The van der Waals surface area contributed by atoms with Crippen molar-refractivity contribution in [3.63, 3.8) is 0 Å². The summed E-state index contributed by atoms with van der Waals surface area (Å²) < 4.78 is 10.6. The fourth-order valence-electron chi connectivity index (χ4n) is 2.78. The molecule has 1 aromatic carbocycles. The number of benzene rings is 1. The highest BCUT2D eigenvalue weighted by molar-refractivity contribution is 7.99. The molecule has 3 aromatic rings. The van der Waals surface area contributed by atoms with E-state index in [-0.39, 0.29) is 11.3 Å². The van der Waals surface area contributed by atoms with Gasteiger partial charge in [0.1, 0.15) is 11.1 Å². The highest BCUT2D eigenvalue weighted by Crippen LogP contribution is 2.39. The Kier molecular flexibility index (Phi) is 4.50. The van der Waals surface area contributed by atoms with E-state index in [1.807, 2.05) is 46.7 Å². The highest BCUT2D eigenvalue weighted by atomic mass is 32.2. The molecule has 3 heterocycles. The van der Waals surface area contributed by atoms with Crippen LogP contribution in [0.25, 0.3) is 10.6 Å². The number of nitrogens with zero attached hydrogens (tertiary/aromatic N) is 2. The first-order chi connectivity index (χ1) is 12.3. The van der Waals surface area contributed by atoms with Gasteiger partial charge >= 0.3 is 0 Å². The summed E-state index contributed by atoms with van der Waals surface area (Å²) in [6.07, 6.45) is 0.